The summed E-state index contributed by atoms with van der Waals surface area (Å²) in [5, 5.41) is 3.89. The zero-order chi connectivity index (χ0) is 8.43. The van der Waals surface area contributed by atoms with Gasteiger partial charge in [-0.25, -0.2) is 4.68 Å². The molecule has 1 aromatic heterocycles. The average molecular weight is 268 g/mol. The first-order chi connectivity index (χ1) is 5.11. The van der Waals surface area contributed by atoms with Crippen LogP contribution in [0.3, 0.4) is 0 Å². The molecule has 0 fully saturated rings. The minimum Gasteiger partial charge on any atom is -0.238 e. The van der Waals surface area contributed by atoms with Crippen molar-refractivity contribution in [1.29, 1.82) is 0 Å². The molecule has 4 heteroatoms. The summed E-state index contributed by atoms with van der Waals surface area (Å²) >= 11 is 1.93. The van der Waals surface area contributed by atoms with E-state index in [2.05, 4.69) is 5.10 Å². The second-order valence-corrected chi connectivity index (χ2v) is 4.02. The zero-order valence-electron chi connectivity index (χ0n) is 6.51. The van der Waals surface area contributed by atoms with Gasteiger partial charge in [0.2, 0.25) is 5.95 Å². The van der Waals surface area contributed by atoms with Crippen LogP contribution in [0.4, 0.5) is 4.39 Å². The number of hydrogen-bond acceptors (Lipinski definition) is 1. The molecule has 0 unspecified atom stereocenters. The van der Waals surface area contributed by atoms with Crippen LogP contribution in [0, 0.1) is 15.4 Å². The lowest BCUT2D eigenvalue weighted by Gasteiger charge is -2.04. The molecular weight excluding hydrogens is 258 g/mol. The number of hydrogen-bond donors (Lipinski definition) is 0. The molecule has 11 heavy (non-hydrogen) atoms. The monoisotopic (exact) mass is 268 g/mol. The second kappa shape index (κ2) is 3.51. The molecule has 0 amide bonds. The lowest BCUT2D eigenvalue weighted by Crippen LogP contribution is -2.08. The minimum atomic E-state index is -0.223. The van der Waals surface area contributed by atoms with Gasteiger partial charge in [-0.2, -0.15) is 9.49 Å². The molecule has 0 N–H and O–H groups in total. The van der Waals surface area contributed by atoms with Crippen LogP contribution in [0.2, 0.25) is 0 Å². The van der Waals surface area contributed by atoms with E-state index in [1.54, 1.807) is 0 Å². The van der Waals surface area contributed by atoms with Crippen LogP contribution >= 0.6 is 22.6 Å². The molecule has 0 saturated heterocycles. The molecule has 0 aliphatic carbocycles. The molecule has 2 nitrogen and oxygen atoms in total. The van der Waals surface area contributed by atoms with Gasteiger partial charge in [-0.3, -0.25) is 0 Å². The van der Waals surface area contributed by atoms with E-state index >= 15 is 0 Å². The lowest BCUT2D eigenvalue weighted by molar-refractivity contribution is 0.400. The molecule has 1 heterocycles. The van der Waals surface area contributed by atoms with E-state index in [1.807, 2.05) is 36.4 Å². The lowest BCUT2D eigenvalue weighted by atomic mass is 10.2. The van der Waals surface area contributed by atoms with E-state index in [-0.39, 0.29) is 5.95 Å². The molecule has 0 bridgehead atoms. The first-order valence-corrected chi connectivity index (χ1v) is 4.56. The molecule has 1 aromatic rings. The third-order valence-corrected chi connectivity index (χ3v) is 2.00. The molecule has 62 valence electrons. The summed E-state index contributed by atoms with van der Waals surface area (Å²) in [6.45, 7) is 4.72. The van der Waals surface area contributed by atoms with Crippen molar-refractivity contribution in [3.63, 3.8) is 0 Å². The first-order valence-electron chi connectivity index (χ1n) is 3.48. The predicted octanol–water partition coefficient (Wildman–Crippen LogP) is 2.28. The summed E-state index contributed by atoms with van der Waals surface area (Å²) in [5.41, 5.74) is 0. The van der Waals surface area contributed by atoms with E-state index < -0.39 is 0 Å². The van der Waals surface area contributed by atoms with Crippen LogP contribution in [-0.4, -0.2) is 9.78 Å². The van der Waals surface area contributed by atoms with Crippen LogP contribution in [0.5, 0.6) is 0 Å². The van der Waals surface area contributed by atoms with E-state index in [0.29, 0.717) is 16.0 Å². The summed E-state index contributed by atoms with van der Waals surface area (Å²) in [6, 6.07) is 0. The van der Waals surface area contributed by atoms with Gasteiger partial charge in [-0.15, -0.1) is 0 Å². The Labute approximate surface area is 78.9 Å². The van der Waals surface area contributed by atoms with Crippen molar-refractivity contribution in [3.8, 4) is 0 Å². The summed E-state index contributed by atoms with van der Waals surface area (Å²) in [7, 11) is 0. The molecular formula is C7H10FIN2. The van der Waals surface area contributed by atoms with Gasteiger partial charge in [0.05, 0.1) is 9.77 Å². The fourth-order valence-corrected chi connectivity index (χ4v) is 1.22. The Balaban J connectivity index is 2.79. The van der Waals surface area contributed by atoms with Crippen molar-refractivity contribution in [3.05, 3.63) is 15.7 Å². The number of halogens is 2. The van der Waals surface area contributed by atoms with Gasteiger partial charge in [-0.1, -0.05) is 13.8 Å². The first kappa shape index (κ1) is 8.96. The molecule has 1 rings (SSSR count). The van der Waals surface area contributed by atoms with Crippen molar-refractivity contribution in [2.24, 2.45) is 5.92 Å². The van der Waals surface area contributed by atoms with Crippen molar-refractivity contribution >= 4 is 22.6 Å². The SMILES string of the molecule is CC(C)Cn1ncc(I)c1F. The van der Waals surface area contributed by atoms with Gasteiger partial charge in [0.15, 0.2) is 0 Å². The van der Waals surface area contributed by atoms with Crippen LogP contribution < -0.4 is 0 Å². The van der Waals surface area contributed by atoms with Gasteiger partial charge in [0.1, 0.15) is 0 Å². The van der Waals surface area contributed by atoms with Gasteiger partial charge in [-0.05, 0) is 28.5 Å². The maximum Gasteiger partial charge on any atom is 0.224 e. The summed E-state index contributed by atoms with van der Waals surface area (Å²) < 4.78 is 15.0. The fourth-order valence-electron chi connectivity index (χ4n) is 0.821. The quantitative estimate of drug-likeness (QED) is 0.752. The number of nitrogens with zero attached hydrogens (tertiary/aromatic N) is 2. The Morgan fingerprint density at radius 2 is 2.36 bits per heavy atom. The summed E-state index contributed by atoms with van der Waals surface area (Å²) in [5.74, 6) is 0.208. The molecule has 0 aromatic carbocycles. The number of aromatic nitrogens is 2. The summed E-state index contributed by atoms with van der Waals surface area (Å²) in [4.78, 5) is 0. The van der Waals surface area contributed by atoms with Crippen LogP contribution in [-0.2, 0) is 6.54 Å². The van der Waals surface area contributed by atoms with Gasteiger partial charge >= 0.3 is 0 Å². The highest BCUT2D eigenvalue weighted by atomic mass is 127. The second-order valence-electron chi connectivity index (χ2n) is 2.86. The van der Waals surface area contributed by atoms with Crippen LogP contribution in [0.1, 0.15) is 13.8 Å². The molecule has 0 aliphatic rings. The van der Waals surface area contributed by atoms with Crippen LogP contribution in [0.25, 0.3) is 0 Å². The van der Waals surface area contributed by atoms with E-state index in [4.69, 9.17) is 0 Å². The average Bonchev–Trinajstić information content (AvgIpc) is 2.18. The van der Waals surface area contributed by atoms with Crippen molar-refractivity contribution in [2.45, 2.75) is 20.4 Å². The van der Waals surface area contributed by atoms with E-state index in [9.17, 15) is 4.39 Å². The highest BCUT2D eigenvalue weighted by Gasteiger charge is 2.07. The fraction of sp³-hybridized carbons (Fsp3) is 0.571. The minimum absolute atomic E-state index is 0.223. The highest BCUT2D eigenvalue weighted by Crippen LogP contribution is 2.10. The van der Waals surface area contributed by atoms with Gasteiger partial charge < -0.3 is 0 Å². The van der Waals surface area contributed by atoms with Crippen molar-refractivity contribution < 1.29 is 4.39 Å². The Hall–Kier alpha value is -0.130. The Kier molecular flexibility index (Phi) is 2.86. The maximum atomic E-state index is 13.0. The molecule has 0 saturated carbocycles. The highest BCUT2D eigenvalue weighted by molar-refractivity contribution is 14.1. The molecule has 0 aliphatic heterocycles. The topological polar surface area (TPSA) is 17.8 Å². The maximum absolute atomic E-state index is 13.0. The Morgan fingerprint density at radius 3 is 2.73 bits per heavy atom. The smallest absolute Gasteiger partial charge is 0.224 e. The summed E-state index contributed by atoms with van der Waals surface area (Å²) in [6.07, 6.45) is 1.54. The van der Waals surface area contributed by atoms with E-state index in [0.717, 1.165) is 0 Å². The van der Waals surface area contributed by atoms with Gasteiger partial charge in [0, 0.05) is 6.54 Å². The zero-order valence-corrected chi connectivity index (χ0v) is 8.67. The molecule has 0 spiro atoms. The number of rotatable bonds is 2. The van der Waals surface area contributed by atoms with E-state index in [1.165, 1.54) is 10.9 Å². The Bertz CT molecular complexity index is 245. The largest absolute Gasteiger partial charge is 0.238 e. The third kappa shape index (κ3) is 2.15. The van der Waals surface area contributed by atoms with Crippen LogP contribution in [0.15, 0.2) is 6.20 Å². The third-order valence-electron chi connectivity index (χ3n) is 1.27. The molecule has 0 atom stereocenters. The van der Waals surface area contributed by atoms with Crippen molar-refractivity contribution in [1.82, 2.24) is 9.78 Å². The van der Waals surface area contributed by atoms with Gasteiger partial charge in [0.25, 0.3) is 0 Å². The Morgan fingerprint density at radius 1 is 1.73 bits per heavy atom. The standard InChI is InChI=1S/C7H10FIN2/c1-5(2)4-11-7(8)6(9)3-10-11/h3,5H,4H2,1-2H3. The van der Waals surface area contributed by atoms with Crippen molar-refractivity contribution in [2.75, 3.05) is 0 Å². The predicted molar refractivity (Wildman–Crippen MR) is 49.7 cm³/mol. The normalized spacial score (nSPS) is 11.0. The molecule has 0 radical (unpaired) electrons.